The van der Waals surface area contributed by atoms with Gasteiger partial charge < -0.3 is 9.52 Å². The number of hydrogen-bond donors (Lipinski definition) is 0. The van der Waals surface area contributed by atoms with Crippen LogP contribution in [0.2, 0.25) is 0 Å². The van der Waals surface area contributed by atoms with Crippen molar-refractivity contribution in [1.82, 2.24) is 0 Å². The molecule has 142 valence electrons. The number of fused-ring (bicyclic) bond motifs is 3. The molecule has 28 heavy (non-hydrogen) atoms. The summed E-state index contributed by atoms with van der Waals surface area (Å²) in [5.74, 6) is 0.0696. The Morgan fingerprint density at radius 3 is 2.61 bits per heavy atom. The van der Waals surface area contributed by atoms with Gasteiger partial charge in [-0.1, -0.05) is 0 Å². The first kappa shape index (κ1) is 17.9. The zero-order chi connectivity index (χ0) is 19.8. The van der Waals surface area contributed by atoms with E-state index in [1.54, 1.807) is 24.3 Å². The molecule has 0 saturated carbocycles. The summed E-state index contributed by atoms with van der Waals surface area (Å²) >= 11 is 0. The van der Waals surface area contributed by atoms with Gasteiger partial charge in [-0.2, -0.15) is 0 Å². The highest BCUT2D eigenvalue weighted by molar-refractivity contribution is 6.05. The van der Waals surface area contributed by atoms with E-state index < -0.39 is 16.4 Å². The Kier molecular flexibility index (Phi) is 4.43. The molecule has 1 aliphatic carbocycles. The van der Waals surface area contributed by atoms with E-state index in [1.165, 1.54) is 19.2 Å². The van der Waals surface area contributed by atoms with Crippen LogP contribution in [0.4, 0.5) is 11.4 Å². The maximum Gasteiger partial charge on any atom is 0.266 e. The quantitative estimate of drug-likeness (QED) is 0.292. The SMILES string of the molecule is CC(=O)c1ccc(N=Cc2c([O-])c([N+](=O)[O-])cc3oc4c(c23)CCCC4)cc1. The lowest BCUT2D eigenvalue weighted by Crippen LogP contribution is -2.04. The first-order valence-corrected chi connectivity index (χ1v) is 9.03. The molecule has 1 heterocycles. The highest BCUT2D eigenvalue weighted by atomic mass is 16.6. The van der Waals surface area contributed by atoms with Crippen LogP contribution in [0.1, 0.15) is 47.0 Å². The maximum atomic E-state index is 12.8. The third kappa shape index (κ3) is 3.05. The van der Waals surface area contributed by atoms with Gasteiger partial charge in [0.25, 0.3) is 5.69 Å². The molecule has 0 radical (unpaired) electrons. The smallest absolute Gasteiger partial charge is 0.266 e. The molecular formula is C21H17N2O5-. The van der Waals surface area contributed by atoms with Crippen molar-refractivity contribution in [2.75, 3.05) is 0 Å². The van der Waals surface area contributed by atoms with Gasteiger partial charge in [-0.25, -0.2) is 0 Å². The summed E-state index contributed by atoms with van der Waals surface area (Å²) in [6.45, 7) is 1.48. The molecule has 0 saturated heterocycles. The van der Waals surface area contributed by atoms with Gasteiger partial charge in [-0.15, -0.1) is 0 Å². The number of carbonyl (C=O) groups excluding carboxylic acids is 1. The van der Waals surface area contributed by atoms with Gasteiger partial charge in [-0.05, 0) is 56.2 Å². The zero-order valence-electron chi connectivity index (χ0n) is 15.2. The minimum atomic E-state index is -0.692. The van der Waals surface area contributed by atoms with E-state index in [0.717, 1.165) is 37.0 Å². The molecule has 0 fully saturated rings. The Hall–Kier alpha value is -3.48. The van der Waals surface area contributed by atoms with Crippen molar-refractivity contribution in [2.24, 2.45) is 4.99 Å². The highest BCUT2D eigenvalue weighted by Crippen LogP contribution is 2.40. The Morgan fingerprint density at radius 1 is 1.21 bits per heavy atom. The average molecular weight is 377 g/mol. The van der Waals surface area contributed by atoms with Crippen molar-refractivity contribution < 1.29 is 19.2 Å². The summed E-state index contributed by atoms with van der Waals surface area (Å²) < 4.78 is 5.83. The van der Waals surface area contributed by atoms with Crippen LogP contribution in [0.25, 0.3) is 11.0 Å². The van der Waals surface area contributed by atoms with E-state index in [-0.39, 0.29) is 11.3 Å². The van der Waals surface area contributed by atoms with Crippen molar-refractivity contribution in [1.29, 1.82) is 0 Å². The number of nitro groups is 1. The number of hydrogen-bond acceptors (Lipinski definition) is 6. The average Bonchev–Trinajstić information content (AvgIpc) is 3.05. The summed E-state index contributed by atoms with van der Waals surface area (Å²) in [6, 6.07) is 7.84. The van der Waals surface area contributed by atoms with E-state index >= 15 is 0 Å². The number of nitrogens with zero attached hydrogens (tertiary/aromatic N) is 2. The van der Waals surface area contributed by atoms with Gasteiger partial charge in [0.1, 0.15) is 11.3 Å². The first-order valence-electron chi connectivity index (χ1n) is 9.03. The van der Waals surface area contributed by atoms with Crippen molar-refractivity contribution in [3.63, 3.8) is 0 Å². The van der Waals surface area contributed by atoms with Crippen LogP contribution in [0.5, 0.6) is 5.75 Å². The Bertz CT molecular complexity index is 1130. The normalized spacial score (nSPS) is 13.8. The number of carbonyl (C=O) groups is 1. The molecule has 2 aromatic carbocycles. The number of benzene rings is 2. The molecule has 0 unspecified atom stereocenters. The fraction of sp³-hybridized carbons (Fsp3) is 0.238. The molecule has 0 bridgehead atoms. The minimum absolute atomic E-state index is 0.0530. The van der Waals surface area contributed by atoms with Gasteiger partial charge in [0.2, 0.25) is 0 Å². The summed E-state index contributed by atoms with van der Waals surface area (Å²) in [5, 5.41) is 24.7. The molecule has 0 N–H and O–H groups in total. The van der Waals surface area contributed by atoms with Crippen molar-refractivity contribution in [3.05, 3.63) is 62.9 Å². The van der Waals surface area contributed by atoms with Crippen LogP contribution in [0.3, 0.4) is 0 Å². The van der Waals surface area contributed by atoms with Crippen LogP contribution < -0.4 is 5.11 Å². The molecule has 0 amide bonds. The zero-order valence-corrected chi connectivity index (χ0v) is 15.2. The molecular weight excluding hydrogens is 360 g/mol. The molecule has 1 aromatic heterocycles. The van der Waals surface area contributed by atoms with Crippen LogP contribution in [0, 0.1) is 10.1 Å². The maximum absolute atomic E-state index is 12.8. The number of ketones is 1. The Labute approximate surface area is 160 Å². The van der Waals surface area contributed by atoms with Gasteiger partial charge in [-0.3, -0.25) is 19.9 Å². The van der Waals surface area contributed by atoms with Gasteiger partial charge in [0, 0.05) is 34.7 Å². The molecule has 7 nitrogen and oxygen atoms in total. The summed E-state index contributed by atoms with van der Waals surface area (Å²) in [4.78, 5) is 26.3. The van der Waals surface area contributed by atoms with Crippen LogP contribution in [-0.2, 0) is 12.8 Å². The number of Topliss-reactive ketones (excluding diaryl/α,β-unsaturated/α-hetero) is 1. The Balaban J connectivity index is 1.86. The van der Waals surface area contributed by atoms with Crippen molar-refractivity contribution in [2.45, 2.75) is 32.6 Å². The van der Waals surface area contributed by atoms with Crippen LogP contribution >= 0.6 is 0 Å². The molecule has 3 aromatic rings. The second-order valence-corrected chi connectivity index (χ2v) is 6.84. The summed E-state index contributed by atoms with van der Waals surface area (Å²) in [7, 11) is 0. The van der Waals surface area contributed by atoms with E-state index in [1.807, 2.05) is 0 Å². The second-order valence-electron chi connectivity index (χ2n) is 6.84. The predicted octanol–water partition coefficient (Wildman–Crippen LogP) is 4.25. The Morgan fingerprint density at radius 2 is 1.93 bits per heavy atom. The van der Waals surface area contributed by atoms with Crippen molar-refractivity contribution in [3.8, 4) is 5.75 Å². The van der Waals surface area contributed by atoms with E-state index in [9.17, 15) is 20.0 Å². The van der Waals surface area contributed by atoms with E-state index in [4.69, 9.17) is 4.42 Å². The number of aliphatic imine (C=N–C) groups is 1. The van der Waals surface area contributed by atoms with Crippen LogP contribution in [0.15, 0.2) is 39.7 Å². The van der Waals surface area contributed by atoms with E-state index in [0.29, 0.717) is 22.2 Å². The molecule has 4 rings (SSSR count). The van der Waals surface area contributed by atoms with Gasteiger partial charge in [0.15, 0.2) is 5.78 Å². The fourth-order valence-electron chi connectivity index (χ4n) is 3.61. The second kappa shape index (κ2) is 6.92. The highest BCUT2D eigenvalue weighted by Gasteiger charge is 2.23. The number of aryl methyl sites for hydroxylation is 2. The van der Waals surface area contributed by atoms with Crippen molar-refractivity contribution >= 4 is 34.3 Å². The number of rotatable bonds is 4. The molecule has 0 spiro atoms. The third-order valence-electron chi connectivity index (χ3n) is 5.03. The topological polar surface area (TPSA) is 109 Å². The molecule has 7 heteroatoms. The lowest BCUT2D eigenvalue weighted by atomic mass is 9.93. The summed E-state index contributed by atoms with van der Waals surface area (Å²) in [5.41, 5.74) is 2.05. The number of furan rings is 1. The standard InChI is InChI=1S/C21H18N2O5/c1-12(24)13-6-8-14(9-7-13)22-11-16-20-15-4-2-3-5-18(15)28-19(20)10-17(21(16)25)23(26)27/h6-11,25H,2-5H2,1H3/p-1. The largest absolute Gasteiger partial charge is 0.867 e. The van der Waals surface area contributed by atoms with Gasteiger partial charge >= 0.3 is 0 Å². The third-order valence-corrected chi connectivity index (χ3v) is 5.03. The molecule has 1 aliphatic rings. The van der Waals surface area contributed by atoms with Crippen LogP contribution in [-0.4, -0.2) is 16.9 Å². The lowest BCUT2D eigenvalue weighted by molar-refractivity contribution is -0.398. The molecule has 0 aliphatic heterocycles. The fourth-order valence-corrected chi connectivity index (χ4v) is 3.61. The monoisotopic (exact) mass is 377 g/mol. The minimum Gasteiger partial charge on any atom is -0.867 e. The van der Waals surface area contributed by atoms with Gasteiger partial charge in [0.05, 0.1) is 16.7 Å². The first-order chi connectivity index (χ1) is 13.5. The van der Waals surface area contributed by atoms with E-state index in [2.05, 4.69) is 4.99 Å². The summed E-state index contributed by atoms with van der Waals surface area (Å²) in [6.07, 6.45) is 4.87. The molecule has 0 atom stereocenters. The predicted molar refractivity (Wildman–Crippen MR) is 103 cm³/mol. The number of nitro benzene ring substituents is 1. The lowest BCUT2D eigenvalue weighted by Gasteiger charge is -2.14.